The first kappa shape index (κ1) is 30.4. The molecular formula is C29H40N6O6. The molecule has 41 heavy (non-hydrogen) atoms. The molecule has 0 amide bonds. The number of fused-ring (bicyclic) bond motifs is 2. The zero-order valence-electron chi connectivity index (χ0n) is 23.6. The second-order valence-corrected chi connectivity index (χ2v) is 9.62. The summed E-state index contributed by atoms with van der Waals surface area (Å²) >= 11 is 0. The number of anilines is 1. The minimum atomic E-state index is 0.198. The molecule has 0 aliphatic carbocycles. The number of hydrogen-bond donors (Lipinski definition) is 3. The average Bonchev–Trinajstić information content (AvgIpc) is 3.55. The molecule has 12 nitrogen and oxygen atoms in total. The number of H-pyrrole nitrogens is 1. The van der Waals surface area contributed by atoms with Gasteiger partial charge in [-0.15, -0.1) is 0 Å². The number of aromatic nitrogens is 5. The third-order valence-corrected chi connectivity index (χ3v) is 6.59. The van der Waals surface area contributed by atoms with E-state index >= 15 is 0 Å². The highest BCUT2D eigenvalue weighted by atomic mass is 16.6. The number of hydrogen-bond acceptors (Lipinski definition) is 10. The minimum Gasteiger partial charge on any atom is -0.508 e. The molecule has 0 aliphatic heterocycles. The zero-order valence-corrected chi connectivity index (χ0v) is 23.6. The van der Waals surface area contributed by atoms with Crippen molar-refractivity contribution < 1.29 is 28.8 Å². The van der Waals surface area contributed by atoms with Gasteiger partial charge in [0.1, 0.15) is 29.4 Å². The summed E-state index contributed by atoms with van der Waals surface area (Å²) in [6, 6.07) is 7.08. The van der Waals surface area contributed by atoms with Gasteiger partial charge in [-0.1, -0.05) is 6.42 Å². The first-order chi connectivity index (χ1) is 20.1. The van der Waals surface area contributed by atoms with Crippen LogP contribution in [0.25, 0.3) is 33.3 Å². The number of nitrogens with one attached hydrogen (secondary N) is 1. The number of carbonyl (C=O) groups excluding carboxylic acids is 1. The molecule has 1 aromatic carbocycles. The number of nitrogen functional groups attached to an aromatic ring is 1. The molecule has 12 heteroatoms. The number of nitrogens with zero attached hydrogens (tertiary/aromatic N) is 4. The van der Waals surface area contributed by atoms with Crippen LogP contribution in [-0.2, 0) is 30.3 Å². The van der Waals surface area contributed by atoms with Crippen LogP contribution in [0.1, 0.15) is 39.0 Å². The van der Waals surface area contributed by atoms with Gasteiger partial charge in [-0.2, -0.15) is 5.10 Å². The first-order valence-electron chi connectivity index (χ1n) is 14.2. The summed E-state index contributed by atoms with van der Waals surface area (Å²) < 4.78 is 23.4. The Bertz CT molecular complexity index is 1390. The fraction of sp³-hybridized carbons (Fsp3) is 0.517. The van der Waals surface area contributed by atoms with Crippen LogP contribution >= 0.6 is 0 Å². The minimum absolute atomic E-state index is 0.198. The van der Waals surface area contributed by atoms with Gasteiger partial charge < -0.3 is 34.8 Å². The second kappa shape index (κ2) is 16.0. The van der Waals surface area contributed by atoms with Crippen molar-refractivity contribution in [1.29, 1.82) is 0 Å². The van der Waals surface area contributed by atoms with Crippen molar-refractivity contribution in [3.63, 3.8) is 0 Å². The largest absolute Gasteiger partial charge is 0.508 e. The summed E-state index contributed by atoms with van der Waals surface area (Å²) in [7, 11) is 0. The van der Waals surface area contributed by atoms with Gasteiger partial charge in [0, 0.05) is 36.9 Å². The van der Waals surface area contributed by atoms with Crippen LogP contribution in [0.15, 0.2) is 30.6 Å². The number of carbonyl (C=O) groups is 1. The lowest BCUT2D eigenvalue weighted by Crippen LogP contribution is -2.12. The standard InChI is InChI=1S/C29H40N6O6/c1-2-38-12-13-40-16-17-41-15-14-39-11-9-22(36)6-4-3-5-10-35-29-26(28(30)31-20-32-29)27(34-35)25-19-21-18-23(37)7-8-24(21)33-25/h7-8,18-20,33,37H,2-6,9-17H2,1H3,(H2,30,31,32). The summed E-state index contributed by atoms with van der Waals surface area (Å²) in [4.78, 5) is 24.2. The highest BCUT2D eigenvalue weighted by molar-refractivity contribution is 5.99. The molecule has 0 saturated heterocycles. The fourth-order valence-electron chi connectivity index (χ4n) is 4.50. The maximum atomic E-state index is 12.2. The Kier molecular flexibility index (Phi) is 11.9. The molecule has 0 bridgehead atoms. The maximum absolute atomic E-state index is 12.2. The highest BCUT2D eigenvalue weighted by Gasteiger charge is 2.18. The van der Waals surface area contributed by atoms with E-state index in [0.29, 0.717) is 94.8 Å². The van der Waals surface area contributed by atoms with Crippen LogP contribution in [0, 0.1) is 0 Å². The Balaban J connectivity index is 1.14. The quantitative estimate of drug-likeness (QED) is 0.134. The summed E-state index contributed by atoms with van der Waals surface area (Å²) in [5.74, 6) is 0.758. The van der Waals surface area contributed by atoms with Gasteiger partial charge in [0.15, 0.2) is 5.65 Å². The number of ketones is 1. The molecule has 4 rings (SSSR count). The monoisotopic (exact) mass is 568 g/mol. The van der Waals surface area contributed by atoms with Crippen molar-refractivity contribution in [2.24, 2.45) is 0 Å². The number of aryl methyl sites for hydroxylation is 1. The SMILES string of the molecule is CCOCCOCCOCCOCCC(=O)CCCCCn1nc(-c2cc3cc(O)ccc3[nH]2)c2c(N)ncnc21. The molecule has 3 heterocycles. The zero-order chi connectivity index (χ0) is 28.9. The van der Waals surface area contributed by atoms with E-state index in [0.717, 1.165) is 35.9 Å². The molecule has 4 aromatic rings. The van der Waals surface area contributed by atoms with Crippen LogP contribution in [0.3, 0.4) is 0 Å². The lowest BCUT2D eigenvalue weighted by molar-refractivity contribution is -0.120. The summed E-state index contributed by atoms with van der Waals surface area (Å²) in [5.41, 5.74) is 9.21. The Hall–Kier alpha value is -3.58. The lowest BCUT2D eigenvalue weighted by atomic mass is 10.1. The maximum Gasteiger partial charge on any atom is 0.164 e. The Morgan fingerprint density at radius 1 is 0.927 bits per heavy atom. The lowest BCUT2D eigenvalue weighted by Gasteiger charge is -2.07. The number of rotatable bonds is 20. The van der Waals surface area contributed by atoms with Crippen molar-refractivity contribution in [3.05, 3.63) is 30.6 Å². The average molecular weight is 569 g/mol. The molecular weight excluding hydrogens is 528 g/mol. The van der Waals surface area contributed by atoms with E-state index in [4.69, 9.17) is 29.8 Å². The molecule has 0 unspecified atom stereocenters. The highest BCUT2D eigenvalue weighted by Crippen LogP contribution is 2.32. The number of phenolic OH excluding ortho intramolecular Hbond substituents is 1. The molecule has 0 aliphatic rings. The van der Waals surface area contributed by atoms with Gasteiger partial charge in [-0.25, -0.2) is 14.6 Å². The van der Waals surface area contributed by atoms with Gasteiger partial charge in [0.05, 0.1) is 57.3 Å². The summed E-state index contributed by atoms with van der Waals surface area (Å²) in [5, 5.41) is 16.2. The number of aromatic hydroxyl groups is 1. The van der Waals surface area contributed by atoms with Crippen molar-refractivity contribution in [2.75, 3.05) is 58.6 Å². The van der Waals surface area contributed by atoms with E-state index in [1.54, 1.807) is 12.1 Å². The smallest absolute Gasteiger partial charge is 0.164 e. The van der Waals surface area contributed by atoms with Crippen LogP contribution in [0.5, 0.6) is 5.75 Å². The van der Waals surface area contributed by atoms with Crippen molar-refractivity contribution >= 4 is 33.5 Å². The number of benzene rings is 1. The number of Topliss-reactive ketones (excluding diaryl/α,β-unsaturated/α-hetero) is 1. The number of aromatic amines is 1. The molecule has 0 saturated carbocycles. The third kappa shape index (κ3) is 8.95. The van der Waals surface area contributed by atoms with Gasteiger partial charge in [0.2, 0.25) is 0 Å². The van der Waals surface area contributed by atoms with E-state index in [1.807, 2.05) is 23.7 Å². The Morgan fingerprint density at radius 2 is 1.66 bits per heavy atom. The predicted molar refractivity (Wildman–Crippen MR) is 156 cm³/mol. The molecule has 4 N–H and O–H groups in total. The van der Waals surface area contributed by atoms with Gasteiger partial charge in [-0.05, 0) is 44.0 Å². The topological polar surface area (TPSA) is 160 Å². The fourth-order valence-corrected chi connectivity index (χ4v) is 4.50. The number of unbranched alkanes of at least 4 members (excludes halogenated alkanes) is 2. The number of ether oxygens (including phenoxy) is 4. The first-order valence-corrected chi connectivity index (χ1v) is 14.2. The van der Waals surface area contributed by atoms with Crippen molar-refractivity contribution in [3.8, 4) is 17.1 Å². The number of nitrogens with two attached hydrogens (primary N) is 1. The van der Waals surface area contributed by atoms with E-state index in [9.17, 15) is 9.90 Å². The summed E-state index contributed by atoms with van der Waals surface area (Å²) in [6.07, 6.45) is 4.91. The van der Waals surface area contributed by atoms with E-state index < -0.39 is 0 Å². The molecule has 3 aromatic heterocycles. The molecule has 0 atom stereocenters. The predicted octanol–water partition coefficient (Wildman–Crippen LogP) is 3.87. The van der Waals surface area contributed by atoms with Crippen LogP contribution < -0.4 is 5.73 Å². The van der Waals surface area contributed by atoms with E-state index in [-0.39, 0.29) is 11.5 Å². The van der Waals surface area contributed by atoms with E-state index in [2.05, 4.69) is 15.0 Å². The van der Waals surface area contributed by atoms with Crippen molar-refractivity contribution in [2.45, 2.75) is 45.6 Å². The third-order valence-electron chi connectivity index (χ3n) is 6.59. The molecule has 222 valence electrons. The van der Waals surface area contributed by atoms with E-state index in [1.165, 1.54) is 6.33 Å². The number of phenols is 1. The van der Waals surface area contributed by atoms with Gasteiger partial charge in [-0.3, -0.25) is 4.79 Å². The molecule has 0 fully saturated rings. The van der Waals surface area contributed by atoms with Gasteiger partial charge in [0.25, 0.3) is 0 Å². The van der Waals surface area contributed by atoms with Crippen molar-refractivity contribution in [1.82, 2.24) is 24.7 Å². The normalized spacial score (nSPS) is 11.6. The van der Waals surface area contributed by atoms with Crippen LogP contribution in [-0.4, -0.2) is 88.5 Å². The molecule has 0 spiro atoms. The Morgan fingerprint density at radius 3 is 2.41 bits per heavy atom. The van der Waals surface area contributed by atoms with Crippen LogP contribution in [0.4, 0.5) is 5.82 Å². The van der Waals surface area contributed by atoms with Gasteiger partial charge >= 0.3 is 0 Å². The van der Waals surface area contributed by atoms with Crippen LogP contribution in [0.2, 0.25) is 0 Å². The Labute approximate surface area is 239 Å². The molecule has 0 radical (unpaired) electrons. The summed E-state index contributed by atoms with van der Waals surface area (Å²) in [6.45, 7) is 6.84. The second-order valence-electron chi connectivity index (χ2n) is 9.62.